The first-order valence-corrected chi connectivity index (χ1v) is 17.8. The van der Waals surface area contributed by atoms with E-state index in [1.54, 1.807) is 0 Å². The molecule has 0 aromatic heterocycles. The average molecular weight is 637 g/mol. The summed E-state index contributed by atoms with van der Waals surface area (Å²) in [6.45, 7) is 0. The van der Waals surface area contributed by atoms with Crippen molar-refractivity contribution in [1.82, 2.24) is 0 Å². The monoisotopic (exact) mass is 636 g/mol. The summed E-state index contributed by atoms with van der Waals surface area (Å²) in [6.07, 6.45) is 0. The van der Waals surface area contributed by atoms with Crippen molar-refractivity contribution in [2.45, 2.75) is 0 Å². The second-order valence-electron chi connectivity index (χ2n) is 11.1. The fraction of sp³-hybridized carbons (Fsp3) is 0. The van der Waals surface area contributed by atoms with E-state index >= 15 is 0 Å². The van der Waals surface area contributed by atoms with Crippen LogP contribution < -0.4 is 30.1 Å². The first-order chi connectivity index (χ1) is 23.2. The molecule has 6 aromatic rings. The van der Waals surface area contributed by atoms with Crippen LogP contribution in [0.4, 0.5) is 0 Å². The van der Waals surface area contributed by atoms with Gasteiger partial charge in [0.2, 0.25) is 0 Å². The number of rotatable bonds is 0. The topological polar surface area (TPSA) is 27.7 Å². The molecule has 218 valence electrons. The van der Waals surface area contributed by atoms with Gasteiger partial charge in [-0.15, -0.1) is 0 Å². The quantitative estimate of drug-likeness (QED) is 0.125. The molecule has 5 heteroatoms. The molecule has 3 aliphatic heterocycles. The zero-order valence-corrected chi connectivity index (χ0v) is 26.4. The van der Waals surface area contributed by atoms with Crippen LogP contribution in [0.25, 0.3) is 0 Å². The number of hydrogen-bond acceptors (Lipinski definition) is 4. The summed E-state index contributed by atoms with van der Waals surface area (Å²) in [5.41, 5.74) is 4.98. The summed E-state index contributed by atoms with van der Waals surface area (Å²) in [5, 5.41) is 2.54. The van der Waals surface area contributed by atoms with Crippen LogP contribution >= 0.6 is 6.04 Å². The van der Waals surface area contributed by atoms with Gasteiger partial charge in [0.25, 0.3) is 0 Å². The lowest BCUT2D eigenvalue weighted by atomic mass is 10.1. The van der Waals surface area contributed by atoms with Gasteiger partial charge in [0, 0.05) is 16.7 Å². The van der Waals surface area contributed by atoms with E-state index < -0.39 is 6.04 Å². The summed E-state index contributed by atoms with van der Waals surface area (Å²) in [7, 11) is 0. The van der Waals surface area contributed by atoms with Crippen molar-refractivity contribution in [3.63, 3.8) is 0 Å². The maximum Gasteiger partial charge on any atom is 0.155 e. The van der Waals surface area contributed by atoms with E-state index in [1.165, 1.54) is 0 Å². The van der Waals surface area contributed by atoms with Crippen LogP contribution in [-0.2, 0) is 11.8 Å². The first kappa shape index (κ1) is 27.4. The van der Waals surface area contributed by atoms with Gasteiger partial charge in [-0.2, -0.15) is 0 Å². The Labute approximate surface area is 277 Å². The van der Waals surface area contributed by atoms with Gasteiger partial charge >= 0.3 is 0 Å². The molecule has 0 unspecified atom stereocenters. The highest BCUT2D eigenvalue weighted by atomic mass is 32.4. The molecule has 0 saturated carbocycles. The molecule has 47 heavy (non-hydrogen) atoms. The molecule has 0 aliphatic carbocycles. The highest BCUT2D eigenvalue weighted by molar-refractivity contribution is 8.26. The lowest BCUT2D eigenvalue weighted by molar-refractivity contribution is 0.444. The predicted molar refractivity (Wildman–Crippen MR) is 190 cm³/mol. The average Bonchev–Trinajstić information content (AvgIpc) is 3.11. The summed E-state index contributed by atoms with van der Waals surface area (Å²) >= 11 is 6.92. The van der Waals surface area contributed by atoms with Crippen molar-refractivity contribution in [3.8, 4) is 70.0 Å². The number of benzene rings is 6. The molecule has 3 nitrogen and oxygen atoms in total. The zero-order valence-electron chi connectivity index (χ0n) is 24.7. The van der Waals surface area contributed by atoms with Gasteiger partial charge in [-0.25, -0.2) is 0 Å². The molecule has 0 N–H and O–H groups in total. The zero-order chi connectivity index (χ0) is 31.4. The Morgan fingerprint density at radius 1 is 0.362 bits per heavy atom. The van der Waals surface area contributed by atoms with E-state index in [4.69, 9.17) is 26.0 Å². The van der Waals surface area contributed by atoms with Gasteiger partial charge < -0.3 is 14.2 Å². The van der Waals surface area contributed by atoms with Crippen LogP contribution in [0.3, 0.4) is 0 Å². The Morgan fingerprint density at radius 2 is 0.660 bits per heavy atom. The van der Waals surface area contributed by atoms with Crippen LogP contribution in [0.1, 0.15) is 33.4 Å². The molecule has 0 bridgehead atoms. The summed E-state index contributed by atoms with van der Waals surface area (Å²) in [4.78, 5) is 0. The Balaban J connectivity index is 1.29. The number of ether oxygens (including phenoxy) is 3. The Morgan fingerprint density at radius 3 is 0.957 bits per heavy atom. The molecule has 0 amide bonds. The van der Waals surface area contributed by atoms with E-state index in [9.17, 15) is 0 Å². The minimum atomic E-state index is -2.80. The maximum absolute atomic E-state index is 6.92. The van der Waals surface area contributed by atoms with Gasteiger partial charge in [-0.1, -0.05) is 102 Å². The third kappa shape index (κ3) is 4.46. The Kier molecular flexibility index (Phi) is 6.31. The molecule has 0 radical (unpaired) electrons. The maximum atomic E-state index is 6.92. The van der Waals surface area contributed by atoms with Crippen molar-refractivity contribution in [3.05, 3.63) is 161 Å². The normalized spacial score (nSPS) is 12.9. The lowest BCUT2D eigenvalue weighted by Gasteiger charge is -2.42. The molecule has 0 spiro atoms. The predicted octanol–water partition coefficient (Wildman–Crippen LogP) is 7.96. The molecule has 0 fully saturated rings. The molecule has 6 aromatic carbocycles. The molecule has 0 saturated heterocycles. The minimum Gasteiger partial charge on any atom is -0.454 e. The fourth-order valence-electron chi connectivity index (χ4n) is 6.05. The highest BCUT2D eigenvalue weighted by Crippen LogP contribution is 2.65. The van der Waals surface area contributed by atoms with Crippen LogP contribution in [0.5, 0.6) is 34.5 Å². The molecule has 3 aliphatic rings. The third-order valence-corrected chi connectivity index (χ3v) is 13.0. The van der Waals surface area contributed by atoms with Gasteiger partial charge in [-0.05, 0) is 72.8 Å². The van der Waals surface area contributed by atoms with E-state index in [-0.39, 0.29) is 0 Å². The molecular formula is C42H21O3PS. The largest absolute Gasteiger partial charge is 0.454 e. The fourth-order valence-corrected chi connectivity index (χ4v) is 10.9. The number of hydrogen-bond donors (Lipinski definition) is 0. The van der Waals surface area contributed by atoms with Gasteiger partial charge in [0.05, 0.1) is 38.6 Å². The Hall–Kier alpha value is -5.95. The summed E-state index contributed by atoms with van der Waals surface area (Å²) < 4.78 is 20.1. The van der Waals surface area contributed by atoms with Crippen LogP contribution in [0.2, 0.25) is 0 Å². The minimum absolute atomic E-state index is 0.634. The molecule has 9 rings (SSSR count). The van der Waals surface area contributed by atoms with Crippen molar-refractivity contribution >= 4 is 33.8 Å². The standard InChI is InChI=1S/C42H21O3PS/c47-46-40-34-25-22-31(19-16-28-10-4-1-5-11-28)37(40)43-35-26-23-32(20-17-29-12-6-2-7-13-29)38(41(35)46)45-36-27-24-33(39(44-34)42(36)46)21-18-30-14-8-3-9-15-30/h1-15,22-27H. The smallest absolute Gasteiger partial charge is 0.155 e. The summed E-state index contributed by atoms with van der Waals surface area (Å²) in [6, 6.07) is 38.6. The Bertz CT molecular complexity index is 2240. The molecule has 0 atom stereocenters. The van der Waals surface area contributed by atoms with Gasteiger partial charge in [0.15, 0.2) is 17.2 Å². The van der Waals surface area contributed by atoms with Crippen molar-refractivity contribution in [2.24, 2.45) is 0 Å². The molecule has 3 heterocycles. The SMILES string of the molecule is S=P12c3c4ccc(C#Cc5ccccc5)c3Oc3ccc(C#Cc5ccccc5)c(c31)Oc1ccc(C#Cc3ccccc3)c(c12)O4. The van der Waals surface area contributed by atoms with E-state index in [0.717, 1.165) is 49.3 Å². The van der Waals surface area contributed by atoms with Crippen molar-refractivity contribution in [2.75, 3.05) is 0 Å². The van der Waals surface area contributed by atoms with Gasteiger partial charge in [-0.3, -0.25) is 0 Å². The van der Waals surface area contributed by atoms with Crippen molar-refractivity contribution < 1.29 is 14.2 Å². The third-order valence-electron chi connectivity index (χ3n) is 8.21. The van der Waals surface area contributed by atoms with Crippen LogP contribution in [0.15, 0.2) is 127 Å². The van der Waals surface area contributed by atoms with E-state index in [2.05, 4.69) is 35.5 Å². The second-order valence-corrected chi connectivity index (χ2v) is 15.3. The van der Waals surface area contributed by atoms with Gasteiger partial charge in [0.1, 0.15) is 17.2 Å². The van der Waals surface area contributed by atoms with E-state index in [0.29, 0.717) is 34.5 Å². The molecular weight excluding hydrogens is 616 g/mol. The van der Waals surface area contributed by atoms with E-state index in [1.807, 2.05) is 127 Å². The first-order valence-electron chi connectivity index (χ1n) is 15.0. The second kappa shape index (κ2) is 10.8. The van der Waals surface area contributed by atoms with Crippen molar-refractivity contribution in [1.29, 1.82) is 0 Å². The van der Waals surface area contributed by atoms with Crippen LogP contribution in [-0.4, -0.2) is 0 Å². The summed E-state index contributed by atoms with van der Waals surface area (Å²) in [5.74, 6) is 23.8. The highest BCUT2D eigenvalue weighted by Gasteiger charge is 2.50. The van der Waals surface area contributed by atoms with Crippen LogP contribution in [0, 0.1) is 35.5 Å². The lowest BCUT2D eigenvalue weighted by Crippen LogP contribution is -2.39.